The van der Waals surface area contributed by atoms with Crippen molar-refractivity contribution in [2.24, 2.45) is 5.73 Å². The van der Waals surface area contributed by atoms with Crippen LogP contribution in [0.15, 0.2) is 0 Å². The summed E-state index contributed by atoms with van der Waals surface area (Å²) in [7, 11) is 0. The summed E-state index contributed by atoms with van der Waals surface area (Å²) >= 11 is 0. The fraction of sp³-hybridized carbons (Fsp3) is 1.00. The Morgan fingerprint density at radius 2 is 1.60 bits per heavy atom. The third-order valence-corrected chi connectivity index (χ3v) is 0. The first-order chi connectivity index (χ1) is 2.00. The van der Waals surface area contributed by atoms with Crippen molar-refractivity contribution in [3.63, 3.8) is 0 Å². The van der Waals surface area contributed by atoms with E-state index in [1.165, 1.54) is 13.8 Å². The first-order valence-corrected chi connectivity index (χ1v) is 1.51. The molecule has 0 atom stereocenters. The molecule has 0 spiro atoms. The van der Waals surface area contributed by atoms with Crippen molar-refractivity contribution in [1.82, 2.24) is 0 Å². The van der Waals surface area contributed by atoms with Crippen LogP contribution in [0.2, 0.25) is 0 Å². The van der Waals surface area contributed by atoms with E-state index < -0.39 is 5.72 Å². The van der Waals surface area contributed by atoms with Crippen LogP contribution in [0.1, 0.15) is 13.8 Å². The molecular formula is C3H9NO. The molecule has 0 bridgehead atoms. The zero-order chi connectivity index (χ0) is 4.50. The van der Waals surface area contributed by atoms with Crippen LogP contribution in [-0.4, -0.2) is 10.8 Å². The number of hydrogen-bond acceptors (Lipinski definition) is 2. The van der Waals surface area contributed by atoms with Gasteiger partial charge in [0.1, 0.15) is 5.72 Å². The van der Waals surface area contributed by atoms with Crippen molar-refractivity contribution in [1.29, 1.82) is 0 Å². The smallest absolute Gasteiger partial charge is 0.107 e. The van der Waals surface area contributed by atoms with Gasteiger partial charge in [-0.2, -0.15) is 0 Å². The molecule has 3 N–H and O–H groups in total. The zero-order valence-electron chi connectivity index (χ0n) is 3.52. The first kappa shape index (κ1) is 4.92. The Morgan fingerprint density at radius 3 is 1.60 bits per heavy atom. The topological polar surface area (TPSA) is 46.2 Å². The van der Waals surface area contributed by atoms with Crippen LogP contribution in [0.3, 0.4) is 0 Å². The summed E-state index contributed by atoms with van der Waals surface area (Å²) in [5, 5.41) is 8.30. The molecular weight excluding hydrogens is 66.0 g/mol. The van der Waals surface area contributed by atoms with Crippen molar-refractivity contribution in [3.8, 4) is 0 Å². The van der Waals surface area contributed by atoms with E-state index in [0.29, 0.717) is 0 Å². The van der Waals surface area contributed by atoms with Crippen LogP contribution >= 0.6 is 0 Å². The lowest BCUT2D eigenvalue weighted by Crippen LogP contribution is -2.30. The van der Waals surface area contributed by atoms with Gasteiger partial charge in [0.2, 0.25) is 0 Å². The lowest BCUT2D eigenvalue weighted by Gasteiger charge is -2.05. The summed E-state index contributed by atoms with van der Waals surface area (Å²) in [6.45, 7) is 3.04. The highest BCUT2D eigenvalue weighted by Crippen LogP contribution is 1.82. The molecule has 0 saturated heterocycles. The molecule has 5 heavy (non-hydrogen) atoms. The Bertz CT molecular complexity index is 22.4. The summed E-state index contributed by atoms with van der Waals surface area (Å²) in [5.74, 6) is 0. The lowest BCUT2D eigenvalue weighted by atomic mass is 10.4. The zero-order valence-corrected chi connectivity index (χ0v) is 3.52. The van der Waals surface area contributed by atoms with Gasteiger partial charge in [-0.05, 0) is 13.8 Å². The van der Waals surface area contributed by atoms with Crippen molar-refractivity contribution in [2.75, 3.05) is 0 Å². The van der Waals surface area contributed by atoms with Crippen molar-refractivity contribution >= 4 is 0 Å². The SMILES string of the molecule is CC(C)(N)O. The van der Waals surface area contributed by atoms with Gasteiger partial charge in [-0.1, -0.05) is 0 Å². The second-order valence-corrected chi connectivity index (χ2v) is 1.65. The average Bonchev–Trinajstić information content (AvgIpc) is 0.722. The number of hydrogen-bond donors (Lipinski definition) is 2. The largest absolute Gasteiger partial charge is 0.377 e. The Kier molecular flexibility index (Phi) is 0.938. The van der Waals surface area contributed by atoms with Crippen LogP contribution in [0.4, 0.5) is 0 Å². The van der Waals surface area contributed by atoms with Gasteiger partial charge in [-0.3, -0.25) is 0 Å². The molecule has 2 heteroatoms. The Balaban J connectivity index is 3.02. The first-order valence-electron chi connectivity index (χ1n) is 1.51. The normalized spacial score (nSPS) is 12.0. The van der Waals surface area contributed by atoms with E-state index in [1.54, 1.807) is 0 Å². The monoisotopic (exact) mass is 75.1 g/mol. The maximum Gasteiger partial charge on any atom is 0.107 e. The second kappa shape index (κ2) is 0.954. The van der Waals surface area contributed by atoms with Gasteiger partial charge in [0.25, 0.3) is 0 Å². The lowest BCUT2D eigenvalue weighted by molar-refractivity contribution is 0.0881. The maximum atomic E-state index is 8.30. The minimum Gasteiger partial charge on any atom is -0.377 e. The van der Waals surface area contributed by atoms with Crippen molar-refractivity contribution in [3.05, 3.63) is 0 Å². The Hall–Kier alpha value is -0.0800. The average molecular weight is 75.1 g/mol. The number of nitrogens with two attached hydrogens (primary N) is 1. The highest BCUT2D eigenvalue weighted by atomic mass is 16.3. The van der Waals surface area contributed by atoms with E-state index in [0.717, 1.165) is 0 Å². The van der Waals surface area contributed by atoms with Gasteiger partial charge in [0, 0.05) is 0 Å². The highest BCUT2D eigenvalue weighted by molar-refractivity contribution is 4.47. The van der Waals surface area contributed by atoms with E-state index in [4.69, 9.17) is 10.8 Å². The van der Waals surface area contributed by atoms with Gasteiger partial charge >= 0.3 is 0 Å². The van der Waals surface area contributed by atoms with Crippen molar-refractivity contribution < 1.29 is 5.11 Å². The minimum absolute atomic E-state index is 1.00. The Morgan fingerprint density at radius 1 is 1.60 bits per heavy atom. The number of rotatable bonds is 0. The summed E-state index contributed by atoms with van der Waals surface area (Å²) < 4.78 is 0. The molecule has 0 aliphatic rings. The van der Waals surface area contributed by atoms with Crippen LogP contribution in [0.25, 0.3) is 0 Å². The van der Waals surface area contributed by atoms with Gasteiger partial charge in [0.05, 0.1) is 0 Å². The molecule has 0 aromatic heterocycles. The minimum atomic E-state index is -1.00. The predicted molar refractivity (Wildman–Crippen MR) is 20.5 cm³/mol. The molecule has 0 aromatic carbocycles. The van der Waals surface area contributed by atoms with E-state index >= 15 is 0 Å². The molecule has 0 amide bonds. The quantitative estimate of drug-likeness (QED) is 0.387. The molecule has 0 aliphatic carbocycles. The van der Waals surface area contributed by atoms with E-state index in [-0.39, 0.29) is 0 Å². The van der Waals surface area contributed by atoms with E-state index in [1.807, 2.05) is 0 Å². The summed E-state index contributed by atoms with van der Waals surface area (Å²) in [6, 6.07) is 0. The number of aliphatic hydroxyl groups is 1. The molecule has 0 heterocycles. The molecule has 32 valence electrons. The van der Waals surface area contributed by atoms with Crippen molar-refractivity contribution in [2.45, 2.75) is 19.6 Å². The molecule has 0 rings (SSSR count). The Labute approximate surface area is 31.6 Å². The second-order valence-electron chi connectivity index (χ2n) is 1.65. The molecule has 0 saturated carbocycles. The summed E-state index contributed by atoms with van der Waals surface area (Å²) in [4.78, 5) is 0. The summed E-state index contributed by atoms with van der Waals surface area (Å²) in [5.41, 5.74) is 3.91. The highest BCUT2D eigenvalue weighted by Gasteiger charge is 1.98. The van der Waals surface area contributed by atoms with Gasteiger partial charge in [0.15, 0.2) is 0 Å². The fourth-order valence-electron chi connectivity index (χ4n) is 0. The van der Waals surface area contributed by atoms with E-state index in [9.17, 15) is 0 Å². The molecule has 0 unspecified atom stereocenters. The molecule has 0 aliphatic heterocycles. The molecule has 0 fully saturated rings. The third kappa shape index (κ3) is 2260. The maximum absolute atomic E-state index is 8.30. The fourth-order valence-corrected chi connectivity index (χ4v) is 0. The van der Waals surface area contributed by atoms with Gasteiger partial charge in [-0.25, -0.2) is 0 Å². The summed E-state index contributed by atoms with van der Waals surface area (Å²) in [6.07, 6.45) is 0. The standard InChI is InChI=1S/C3H9NO/c1-3(2,4)5/h5H,4H2,1-2H3. The molecule has 0 radical (unpaired) electrons. The predicted octanol–water partition coefficient (Wildman–Crippen LogP) is -0.327. The van der Waals surface area contributed by atoms with Gasteiger partial charge < -0.3 is 10.8 Å². The molecule has 2 nitrogen and oxygen atoms in total. The third-order valence-electron chi connectivity index (χ3n) is 0. The van der Waals surface area contributed by atoms with Crippen LogP contribution in [-0.2, 0) is 0 Å². The van der Waals surface area contributed by atoms with Crippen LogP contribution < -0.4 is 5.73 Å². The van der Waals surface area contributed by atoms with E-state index in [2.05, 4.69) is 0 Å². The molecule has 0 aromatic rings. The van der Waals surface area contributed by atoms with Gasteiger partial charge in [-0.15, -0.1) is 0 Å². The van der Waals surface area contributed by atoms with Crippen LogP contribution in [0, 0.1) is 0 Å². The van der Waals surface area contributed by atoms with Crippen LogP contribution in [0.5, 0.6) is 0 Å².